The van der Waals surface area contributed by atoms with E-state index in [9.17, 15) is 0 Å². The van der Waals surface area contributed by atoms with Crippen LogP contribution in [0.5, 0.6) is 5.75 Å². The van der Waals surface area contributed by atoms with Crippen molar-refractivity contribution in [2.75, 3.05) is 13.7 Å². The highest BCUT2D eigenvalue weighted by molar-refractivity contribution is 5.28. The SMILES string of the molecule is CCCNC(CCC)CCCc1cccc(OC)c1. The van der Waals surface area contributed by atoms with Crippen LogP contribution in [0.25, 0.3) is 0 Å². The number of rotatable bonds is 10. The van der Waals surface area contributed by atoms with E-state index in [1.165, 1.54) is 37.7 Å². The third-order valence-electron chi connectivity index (χ3n) is 3.47. The van der Waals surface area contributed by atoms with Gasteiger partial charge in [-0.25, -0.2) is 0 Å². The van der Waals surface area contributed by atoms with Crippen molar-refractivity contribution in [2.45, 2.75) is 58.4 Å². The molecule has 108 valence electrons. The van der Waals surface area contributed by atoms with Crippen LogP contribution in [0.2, 0.25) is 0 Å². The van der Waals surface area contributed by atoms with Gasteiger partial charge in [0, 0.05) is 6.04 Å². The lowest BCUT2D eigenvalue weighted by molar-refractivity contribution is 0.413. The average molecular weight is 263 g/mol. The van der Waals surface area contributed by atoms with E-state index in [1.54, 1.807) is 7.11 Å². The third kappa shape index (κ3) is 6.63. The van der Waals surface area contributed by atoms with Crippen LogP contribution in [0.15, 0.2) is 24.3 Å². The summed E-state index contributed by atoms with van der Waals surface area (Å²) in [6, 6.07) is 9.11. The lowest BCUT2D eigenvalue weighted by Crippen LogP contribution is -2.29. The molecule has 0 aliphatic rings. The molecule has 0 fully saturated rings. The number of benzene rings is 1. The quantitative estimate of drug-likeness (QED) is 0.683. The fraction of sp³-hybridized carbons (Fsp3) is 0.647. The topological polar surface area (TPSA) is 21.3 Å². The molecule has 0 spiro atoms. The monoisotopic (exact) mass is 263 g/mol. The second kappa shape index (κ2) is 9.85. The first-order chi connectivity index (χ1) is 9.30. The molecule has 1 rings (SSSR count). The van der Waals surface area contributed by atoms with E-state index in [-0.39, 0.29) is 0 Å². The normalized spacial score (nSPS) is 12.4. The molecule has 19 heavy (non-hydrogen) atoms. The molecule has 2 nitrogen and oxygen atoms in total. The Morgan fingerprint density at radius 3 is 2.68 bits per heavy atom. The van der Waals surface area contributed by atoms with Crippen LogP contribution < -0.4 is 10.1 Å². The Balaban J connectivity index is 2.33. The lowest BCUT2D eigenvalue weighted by atomic mass is 10.0. The highest BCUT2D eigenvalue weighted by Crippen LogP contribution is 2.15. The van der Waals surface area contributed by atoms with E-state index in [0.717, 1.165) is 18.7 Å². The van der Waals surface area contributed by atoms with Gasteiger partial charge in [0.05, 0.1) is 7.11 Å². The summed E-state index contributed by atoms with van der Waals surface area (Å²) in [4.78, 5) is 0. The Morgan fingerprint density at radius 2 is 2.00 bits per heavy atom. The molecule has 2 heteroatoms. The van der Waals surface area contributed by atoms with Gasteiger partial charge in [0.2, 0.25) is 0 Å². The molecule has 0 amide bonds. The fourth-order valence-electron chi connectivity index (χ4n) is 2.43. The summed E-state index contributed by atoms with van der Waals surface area (Å²) >= 11 is 0. The summed E-state index contributed by atoms with van der Waals surface area (Å²) in [5.41, 5.74) is 1.38. The van der Waals surface area contributed by atoms with Gasteiger partial charge in [-0.3, -0.25) is 0 Å². The van der Waals surface area contributed by atoms with Gasteiger partial charge in [-0.15, -0.1) is 0 Å². The molecule has 0 saturated heterocycles. The minimum atomic E-state index is 0.690. The zero-order valence-corrected chi connectivity index (χ0v) is 12.7. The van der Waals surface area contributed by atoms with E-state index >= 15 is 0 Å². The van der Waals surface area contributed by atoms with Crippen molar-refractivity contribution in [3.8, 4) is 5.75 Å². The molecule has 0 aliphatic carbocycles. The van der Waals surface area contributed by atoms with Crippen LogP contribution in [0.3, 0.4) is 0 Å². The van der Waals surface area contributed by atoms with E-state index in [0.29, 0.717) is 6.04 Å². The Hall–Kier alpha value is -1.02. The van der Waals surface area contributed by atoms with Crippen molar-refractivity contribution < 1.29 is 4.74 Å². The zero-order chi connectivity index (χ0) is 13.9. The van der Waals surface area contributed by atoms with Gasteiger partial charge in [0.15, 0.2) is 0 Å². The minimum absolute atomic E-state index is 0.690. The average Bonchev–Trinajstić information content (AvgIpc) is 2.45. The van der Waals surface area contributed by atoms with Gasteiger partial charge >= 0.3 is 0 Å². The van der Waals surface area contributed by atoms with Gasteiger partial charge in [0.25, 0.3) is 0 Å². The highest BCUT2D eigenvalue weighted by Gasteiger charge is 2.06. The van der Waals surface area contributed by atoms with Crippen LogP contribution in [0.1, 0.15) is 51.5 Å². The molecular weight excluding hydrogens is 234 g/mol. The summed E-state index contributed by atoms with van der Waals surface area (Å²) in [5.74, 6) is 0.965. The number of aryl methyl sites for hydroxylation is 1. The van der Waals surface area contributed by atoms with Crippen LogP contribution in [-0.4, -0.2) is 19.7 Å². The predicted molar refractivity (Wildman–Crippen MR) is 82.9 cm³/mol. The van der Waals surface area contributed by atoms with E-state index in [1.807, 2.05) is 6.07 Å². The first-order valence-electron chi connectivity index (χ1n) is 7.66. The maximum Gasteiger partial charge on any atom is 0.119 e. The number of methoxy groups -OCH3 is 1. The van der Waals surface area contributed by atoms with Crippen molar-refractivity contribution in [2.24, 2.45) is 0 Å². The minimum Gasteiger partial charge on any atom is -0.497 e. The zero-order valence-electron chi connectivity index (χ0n) is 12.7. The maximum absolute atomic E-state index is 5.26. The number of hydrogen-bond acceptors (Lipinski definition) is 2. The second-order valence-electron chi connectivity index (χ2n) is 5.18. The Kier molecular flexibility index (Phi) is 8.31. The van der Waals surface area contributed by atoms with Crippen molar-refractivity contribution in [3.05, 3.63) is 29.8 Å². The van der Waals surface area contributed by atoms with E-state index in [4.69, 9.17) is 4.74 Å². The molecule has 0 radical (unpaired) electrons. The molecule has 1 aromatic rings. The number of ether oxygens (including phenoxy) is 1. The van der Waals surface area contributed by atoms with Gasteiger partial charge < -0.3 is 10.1 Å². The van der Waals surface area contributed by atoms with Crippen LogP contribution in [0.4, 0.5) is 0 Å². The molecule has 0 aromatic heterocycles. The molecule has 1 N–H and O–H groups in total. The van der Waals surface area contributed by atoms with Gasteiger partial charge in [-0.05, 0) is 56.3 Å². The summed E-state index contributed by atoms with van der Waals surface area (Å²) in [6.45, 7) is 5.64. The molecule has 0 heterocycles. The largest absolute Gasteiger partial charge is 0.497 e. The van der Waals surface area contributed by atoms with Crippen LogP contribution in [-0.2, 0) is 6.42 Å². The number of nitrogens with one attached hydrogen (secondary N) is 1. The van der Waals surface area contributed by atoms with Crippen molar-refractivity contribution in [1.29, 1.82) is 0 Å². The van der Waals surface area contributed by atoms with Crippen molar-refractivity contribution in [3.63, 3.8) is 0 Å². The lowest BCUT2D eigenvalue weighted by Gasteiger charge is -2.17. The van der Waals surface area contributed by atoms with Gasteiger partial charge in [-0.2, -0.15) is 0 Å². The van der Waals surface area contributed by atoms with E-state index < -0.39 is 0 Å². The fourth-order valence-corrected chi connectivity index (χ4v) is 2.43. The molecule has 0 aliphatic heterocycles. The Labute approximate surface area is 118 Å². The molecule has 1 unspecified atom stereocenters. The predicted octanol–water partition coefficient (Wildman–Crippen LogP) is 4.19. The smallest absolute Gasteiger partial charge is 0.119 e. The number of hydrogen-bond donors (Lipinski definition) is 1. The third-order valence-corrected chi connectivity index (χ3v) is 3.47. The first-order valence-corrected chi connectivity index (χ1v) is 7.66. The first kappa shape index (κ1) is 16.0. The summed E-state index contributed by atoms with van der Waals surface area (Å²) in [7, 11) is 1.73. The van der Waals surface area contributed by atoms with Crippen LogP contribution >= 0.6 is 0 Å². The molecule has 0 saturated carbocycles. The van der Waals surface area contributed by atoms with Gasteiger partial charge in [-0.1, -0.05) is 32.4 Å². The Bertz CT molecular complexity index is 338. The molecular formula is C17H29NO. The summed E-state index contributed by atoms with van der Waals surface area (Å²) in [6.07, 6.45) is 7.43. The molecule has 0 bridgehead atoms. The van der Waals surface area contributed by atoms with Gasteiger partial charge in [0.1, 0.15) is 5.75 Å². The van der Waals surface area contributed by atoms with Crippen molar-refractivity contribution >= 4 is 0 Å². The highest BCUT2D eigenvalue weighted by atomic mass is 16.5. The summed E-state index contributed by atoms with van der Waals surface area (Å²) < 4.78 is 5.26. The second-order valence-corrected chi connectivity index (χ2v) is 5.18. The maximum atomic E-state index is 5.26. The van der Waals surface area contributed by atoms with Crippen molar-refractivity contribution in [1.82, 2.24) is 5.32 Å². The van der Waals surface area contributed by atoms with E-state index in [2.05, 4.69) is 37.4 Å². The Morgan fingerprint density at radius 1 is 1.16 bits per heavy atom. The van der Waals surface area contributed by atoms with Crippen LogP contribution in [0, 0.1) is 0 Å². The molecule has 1 aromatic carbocycles. The summed E-state index contributed by atoms with van der Waals surface area (Å²) in [5, 5.41) is 3.65. The molecule has 1 atom stereocenters. The standard InChI is InChI=1S/C17H29NO/c1-4-8-16(18-13-5-2)11-6-9-15-10-7-12-17(14-15)19-3/h7,10,12,14,16,18H,4-6,8-9,11,13H2,1-3H3.